The van der Waals surface area contributed by atoms with Gasteiger partial charge in [-0.05, 0) is 18.6 Å². The molecule has 1 heterocycles. The molecule has 1 aromatic carbocycles. The molecule has 1 aromatic heterocycles. The van der Waals surface area contributed by atoms with E-state index in [1.165, 1.54) is 16.8 Å². The van der Waals surface area contributed by atoms with Gasteiger partial charge in [0.05, 0.1) is 22.1 Å². The van der Waals surface area contributed by atoms with E-state index in [1.807, 2.05) is 0 Å². The van der Waals surface area contributed by atoms with Crippen LogP contribution in [0, 0.1) is 27.2 Å². The highest BCUT2D eigenvalue weighted by atomic mass is 16.6. The fourth-order valence-corrected chi connectivity index (χ4v) is 1.51. The van der Waals surface area contributed by atoms with Crippen molar-refractivity contribution in [3.05, 3.63) is 56.4 Å². The van der Waals surface area contributed by atoms with Crippen LogP contribution in [0.5, 0.6) is 0 Å². The van der Waals surface area contributed by atoms with Crippen LogP contribution < -0.4 is 0 Å². The van der Waals surface area contributed by atoms with Crippen molar-refractivity contribution in [2.45, 2.75) is 6.92 Å². The van der Waals surface area contributed by atoms with Crippen LogP contribution in [0.25, 0.3) is 5.69 Å². The summed E-state index contributed by atoms with van der Waals surface area (Å²) in [6.07, 6.45) is 3.15. The fourth-order valence-electron chi connectivity index (χ4n) is 1.51. The molecule has 0 aliphatic rings. The first-order valence-corrected chi connectivity index (χ1v) is 4.93. The van der Waals surface area contributed by atoms with Crippen LogP contribution >= 0.6 is 0 Å². The van der Waals surface area contributed by atoms with Gasteiger partial charge in [0.25, 0.3) is 5.69 Å². The third-order valence-electron chi connectivity index (χ3n) is 2.33. The molecule has 0 saturated heterocycles. The lowest BCUT2D eigenvalue weighted by atomic mass is 10.2. The van der Waals surface area contributed by atoms with E-state index in [-0.39, 0.29) is 17.1 Å². The van der Waals surface area contributed by atoms with Crippen LogP contribution in [-0.2, 0) is 0 Å². The zero-order chi connectivity index (χ0) is 13.3. The first-order valence-electron chi connectivity index (χ1n) is 4.93. The number of rotatable bonds is 3. The summed E-state index contributed by atoms with van der Waals surface area (Å²) in [4.78, 5) is 20.2. The van der Waals surface area contributed by atoms with E-state index in [0.29, 0.717) is 0 Å². The van der Waals surface area contributed by atoms with E-state index in [9.17, 15) is 20.2 Å². The van der Waals surface area contributed by atoms with Gasteiger partial charge in [0, 0.05) is 12.3 Å². The Balaban J connectivity index is 2.60. The maximum absolute atomic E-state index is 10.9. The summed E-state index contributed by atoms with van der Waals surface area (Å²) in [5, 5.41) is 25.5. The second-order valence-electron chi connectivity index (χ2n) is 3.65. The molecule has 0 bridgehead atoms. The van der Waals surface area contributed by atoms with Crippen LogP contribution in [0.4, 0.5) is 11.4 Å². The predicted octanol–water partition coefficient (Wildman–Crippen LogP) is 2.00. The molecule has 0 unspecified atom stereocenters. The third-order valence-corrected chi connectivity index (χ3v) is 2.33. The zero-order valence-corrected chi connectivity index (χ0v) is 9.31. The summed E-state index contributed by atoms with van der Waals surface area (Å²) in [5.41, 5.74) is 0.350. The maximum atomic E-state index is 10.9. The number of nitro groups is 2. The van der Waals surface area contributed by atoms with Gasteiger partial charge in [-0.3, -0.25) is 20.2 Å². The lowest BCUT2D eigenvalue weighted by Crippen LogP contribution is -2.01. The SMILES string of the molecule is Cc1cnn(-c2ccc([N+](=O)[O-])cc2[N+](=O)[O-])c1. The highest BCUT2D eigenvalue weighted by Crippen LogP contribution is 2.27. The average molecular weight is 248 g/mol. The van der Waals surface area contributed by atoms with Gasteiger partial charge in [-0.15, -0.1) is 0 Å². The highest BCUT2D eigenvalue weighted by Gasteiger charge is 2.20. The smallest absolute Gasteiger partial charge is 0.258 e. The van der Waals surface area contributed by atoms with Gasteiger partial charge in [-0.25, -0.2) is 4.68 Å². The highest BCUT2D eigenvalue weighted by molar-refractivity contribution is 5.57. The lowest BCUT2D eigenvalue weighted by molar-refractivity contribution is -0.394. The van der Waals surface area contributed by atoms with Gasteiger partial charge in [0.15, 0.2) is 0 Å². The van der Waals surface area contributed by atoms with Crippen LogP contribution in [0.15, 0.2) is 30.6 Å². The molecule has 0 saturated carbocycles. The molecule has 18 heavy (non-hydrogen) atoms. The van der Waals surface area contributed by atoms with Gasteiger partial charge < -0.3 is 0 Å². The summed E-state index contributed by atoms with van der Waals surface area (Å²) in [6, 6.07) is 3.44. The summed E-state index contributed by atoms with van der Waals surface area (Å²) < 4.78 is 1.32. The molecule has 2 rings (SSSR count). The van der Waals surface area contributed by atoms with Gasteiger partial charge in [0.1, 0.15) is 5.69 Å². The Kier molecular flexibility index (Phi) is 2.76. The van der Waals surface area contributed by atoms with Crippen molar-refractivity contribution in [1.29, 1.82) is 0 Å². The van der Waals surface area contributed by atoms with Crippen LogP contribution in [0.1, 0.15) is 5.56 Å². The minimum Gasteiger partial charge on any atom is -0.258 e. The molecule has 0 radical (unpaired) electrons. The zero-order valence-electron chi connectivity index (χ0n) is 9.31. The summed E-state index contributed by atoms with van der Waals surface area (Å²) >= 11 is 0. The third kappa shape index (κ3) is 2.03. The molecule has 0 amide bonds. The summed E-state index contributed by atoms with van der Waals surface area (Å²) in [5.74, 6) is 0. The molecule has 0 atom stereocenters. The standard InChI is InChI=1S/C10H8N4O4/c1-7-5-11-12(6-7)9-3-2-8(13(15)16)4-10(9)14(17)18/h2-6H,1H3. The number of benzene rings is 1. The minimum absolute atomic E-state index is 0.193. The molecule has 92 valence electrons. The molecule has 0 fully saturated rings. The normalized spacial score (nSPS) is 10.3. The number of hydrogen-bond acceptors (Lipinski definition) is 5. The Hall–Kier alpha value is -2.77. The van der Waals surface area contributed by atoms with E-state index in [4.69, 9.17) is 0 Å². The molecule has 0 spiro atoms. The van der Waals surface area contributed by atoms with E-state index in [2.05, 4.69) is 5.10 Å². The molecule has 8 heteroatoms. The number of nitrogens with zero attached hydrogens (tertiary/aromatic N) is 4. The van der Waals surface area contributed by atoms with E-state index in [1.54, 1.807) is 19.3 Å². The number of aromatic nitrogens is 2. The van der Waals surface area contributed by atoms with Crippen molar-refractivity contribution >= 4 is 11.4 Å². The first-order chi connectivity index (χ1) is 8.49. The Labute approximate surface area is 101 Å². The monoisotopic (exact) mass is 248 g/mol. The van der Waals surface area contributed by atoms with Crippen LogP contribution in [-0.4, -0.2) is 19.6 Å². The van der Waals surface area contributed by atoms with Crippen LogP contribution in [0.3, 0.4) is 0 Å². The molecular weight excluding hydrogens is 240 g/mol. The van der Waals surface area contributed by atoms with Crippen molar-refractivity contribution in [2.24, 2.45) is 0 Å². The van der Waals surface area contributed by atoms with E-state index < -0.39 is 9.85 Å². The Morgan fingerprint density at radius 2 is 1.94 bits per heavy atom. The Morgan fingerprint density at radius 3 is 2.44 bits per heavy atom. The number of non-ortho nitro benzene ring substituents is 1. The van der Waals surface area contributed by atoms with Gasteiger partial charge in [-0.1, -0.05) is 0 Å². The molecule has 2 aromatic rings. The van der Waals surface area contributed by atoms with E-state index in [0.717, 1.165) is 11.6 Å². The Bertz CT molecular complexity index is 635. The molecule has 0 N–H and O–H groups in total. The van der Waals surface area contributed by atoms with Crippen molar-refractivity contribution < 1.29 is 9.85 Å². The largest absolute Gasteiger partial charge is 0.301 e. The van der Waals surface area contributed by atoms with Crippen molar-refractivity contribution in [1.82, 2.24) is 9.78 Å². The van der Waals surface area contributed by atoms with Crippen molar-refractivity contribution in [3.63, 3.8) is 0 Å². The number of hydrogen-bond donors (Lipinski definition) is 0. The minimum atomic E-state index is -0.675. The topological polar surface area (TPSA) is 104 Å². The van der Waals surface area contributed by atoms with E-state index >= 15 is 0 Å². The fraction of sp³-hybridized carbons (Fsp3) is 0.100. The van der Waals surface area contributed by atoms with Gasteiger partial charge in [0.2, 0.25) is 0 Å². The quantitative estimate of drug-likeness (QED) is 0.610. The molecule has 0 aliphatic heterocycles. The Morgan fingerprint density at radius 1 is 1.22 bits per heavy atom. The van der Waals surface area contributed by atoms with Crippen LogP contribution in [0.2, 0.25) is 0 Å². The second kappa shape index (κ2) is 4.24. The lowest BCUT2D eigenvalue weighted by Gasteiger charge is -2.02. The number of aryl methyl sites for hydroxylation is 1. The van der Waals surface area contributed by atoms with Gasteiger partial charge in [-0.2, -0.15) is 5.10 Å². The predicted molar refractivity (Wildman–Crippen MR) is 61.6 cm³/mol. The summed E-state index contributed by atoms with van der Waals surface area (Å²) in [7, 11) is 0. The van der Waals surface area contributed by atoms with Crippen molar-refractivity contribution in [3.8, 4) is 5.69 Å². The molecule has 0 aliphatic carbocycles. The van der Waals surface area contributed by atoms with Crippen molar-refractivity contribution in [2.75, 3.05) is 0 Å². The van der Waals surface area contributed by atoms with Gasteiger partial charge >= 0.3 is 5.69 Å². The molecular formula is C10H8N4O4. The number of nitro benzene ring substituents is 2. The maximum Gasteiger partial charge on any atom is 0.301 e. The average Bonchev–Trinajstić information content (AvgIpc) is 2.74. The second-order valence-corrected chi connectivity index (χ2v) is 3.65. The summed E-state index contributed by atoms with van der Waals surface area (Å²) in [6.45, 7) is 1.79. The first kappa shape index (κ1) is 11.7. The molecule has 8 nitrogen and oxygen atoms in total.